The van der Waals surface area contributed by atoms with E-state index >= 15 is 0 Å². The van der Waals surface area contributed by atoms with E-state index in [2.05, 4.69) is 28.1 Å². The number of methoxy groups -OCH3 is 2. The summed E-state index contributed by atoms with van der Waals surface area (Å²) in [5, 5.41) is 0.0342. The first-order valence-electron chi connectivity index (χ1n) is 9.00. The molecule has 4 rings (SSSR count). The van der Waals surface area contributed by atoms with E-state index in [1.807, 2.05) is 47.0 Å². The van der Waals surface area contributed by atoms with Gasteiger partial charge < -0.3 is 14.4 Å². The van der Waals surface area contributed by atoms with Crippen LogP contribution < -0.4 is 9.47 Å². The van der Waals surface area contributed by atoms with E-state index < -0.39 is 5.41 Å². The maximum atomic E-state index is 13.6. The van der Waals surface area contributed by atoms with Gasteiger partial charge in [-0.25, -0.2) is 0 Å². The lowest BCUT2D eigenvalue weighted by Gasteiger charge is -2.29. The third kappa shape index (κ3) is 3.23. The van der Waals surface area contributed by atoms with Gasteiger partial charge in [0.2, 0.25) is 5.91 Å². The fraction of sp³-hybridized carbons (Fsp3) is 0.381. The molecule has 2 aromatic rings. The SMILES string of the molecule is COc1ccc(C2SCCN2C(=O)C2(c3ccccc3OC)CC2)cc1Br. The van der Waals surface area contributed by atoms with Crippen LogP contribution >= 0.6 is 27.7 Å². The van der Waals surface area contributed by atoms with Crippen LogP contribution in [0.1, 0.15) is 29.3 Å². The number of rotatable bonds is 5. The first-order chi connectivity index (χ1) is 13.1. The van der Waals surface area contributed by atoms with Crippen molar-refractivity contribution in [1.82, 2.24) is 4.90 Å². The highest BCUT2D eigenvalue weighted by Crippen LogP contribution is 2.54. The summed E-state index contributed by atoms with van der Waals surface area (Å²) >= 11 is 5.38. The Bertz CT molecular complexity index is 868. The van der Waals surface area contributed by atoms with Crippen LogP contribution in [0.15, 0.2) is 46.9 Å². The van der Waals surface area contributed by atoms with Gasteiger partial charge in [0.15, 0.2) is 0 Å². The van der Waals surface area contributed by atoms with Gasteiger partial charge in [-0.15, -0.1) is 11.8 Å². The van der Waals surface area contributed by atoms with Gasteiger partial charge in [0.05, 0.1) is 24.1 Å². The maximum absolute atomic E-state index is 13.6. The lowest BCUT2D eigenvalue weighted by atomic mass is 9.93. The molecule has 2 aromatic carbocycles. The number of carbonyl (C=O) groups excluding carboxylic acids is 1. The van der Waals surface area contributed by atoms with Crippen molar-refractivity contribution in [1.29, 1.82) is 0 Å². The number of benzene rings is 2. The first kappa shape index (κ1) is 18.7. The minimum Gasteiger partial charge on any atom is -0.496 e. The van der Waals surface area contributed by atoms with E-state index in [9.17, 15) is 4.79 Å². The average molecular weight is 448 g/mol. The van der Waals surface area contributed by atoms with E-state index in [1.54, 1.807) is 14.2 Å². The molecule has 6 heteroatoms. The Hall–Kier alpha value is -1.66. The number of amides is 1. The summed E-state index contributed by atoms with van der Waals surface area (Å²) in [6, 6.07) is 14.0. The van der Waals surface area contributed by atoms with Crippen molar-refractivity contribution in [3.05, 3.63) is 58.1 Å². The quantitative estimate of drug-likeness (QED) is 0.661. The molecule has 1 unspecified atom stereocenters. The molecule has 4 nitrogen and oxygen atoms in total. The van der Waals surface area contributed by atoms with Crippen molar-refractivity contribution in [3.8, 4) is 11.5 Å². The standard InChI is InChI=1S/C21H22BrNO3S/c1-25-17-6-4-3-5-15(17)21(9-10-21)20(24)23-11-12-27-19(23)14-7-8-18(26-2)16(22)13-14/h3-8,13,19H,9-12H2,1-2H3. The Labute approximate surface area is 172 Å². The molecule has 2 fully saturated rings. The second-order valence-corrected chi connectivity index (χ2v) is 8.94. The number of ether oxygens (including phenoxy) is 2. The van der Waals surface area contributed by atoms with Crippen molar-refractivity contribution in [2.24, 2.45) is 0 Å². The average Bonchev–Trinajstić information content (AvgIpc) is 3.36. The molecule has 142 valence electrons. The number of hydrogen-bond acceptors (Lipinski definition) is 4. The summed E-state index contributed by atoms with van der Waals surface area (Å²) in [6.07, 6.45) is 1.76. The highest BCUT2D eigenvalue weighted by molar-refractivity contribution is 9.10. The van der Waals surface area contributed by atoms with Gasteiger partial charge in [-0.1, -0.05) is 24.3 Å². The highest BCUT2D eigenvalue weighted by atomic mass is 79.9. The molecule has 0 spiro atoms. The van der Waals surface area contributed by atoms with Crippen molar-refractivity contribution in [3.63, 3.8) is 0 Å². The van der Waals surface area contributed by atoms with Crippen LogP contribution in [0.2, 0.25) is 0 Å². The van der Waals surface area contributed by atoms with E-state index in [0.29, 0.717) is 0 Å². The van der Waals surface area contributed by atoms with Crippen LogP contribution in [0, 0.1) is 0 Å². The Kier molecular flexibility index (Phi) is 5.12. The monoisotopic (exact) mass is 447 g/mol. The summed E-state index contributed by atoms with van der Waals surface area (Å²) in [6.45, 7) is 0.773. The number of carbonyl (C=O) groups is 1. The van der Waals surface area contributed by atoms with E-state index in [0.717, 1.165) is 52.2 Å². The molecule has 0 N–H and O–H groups in total. The molecule has 1 saturated heterocycles. The minimum absolute atomic E-state index is 0.0342. The predicted molar refractivity (Wildman–Crippen MR) is 112 cm³/mol. The third-order valence-corrected chi connectivity index (χ3v) is 7.28. The number of nitrogens with zero attached hydrogens (tertiary/aromatic N) is 1. The van der Waals surface area contributed by atoms with Crippen LogP contribution in [-0.2, 0) is 10.2 Å². The lowest BCUT2D eigenvalue weighted by molar-refractivity contribution is -0.134. The van der Waals surface area contributed by atoms with Gasteiger partial charge in [0, 0.05) is 17.9 Å². The van der Waals surface area contributed by atoms with Crippen LogP contribution in [0.25, 0.3) is 0 Å². The molecule has 1 atom stereocenters. The molecular weight excluding hydrogens is 426 g/mol. The molecule has 0 bridgehead atoms. The van der Waals surface area contributed by atoms with Crippen LogP contribution in [0.4, 0.5) is 0 Å². The van der Waals surface area contributed by atoms with Crippen LogP contribution in [0.3, 0.4) is 0 Å². The van der Waals surface area contributed by atoms with Gasteiger partial charge in [-0.2, -0.15) is 0 Å². The van der Waals surface area contributed by atoms with E-state index in [-0.39, 0.29) is 11.3 Å². The zero-order valence-corrected chi connectivity index (χ0v) is 17.8. The minimum atomic E-state index is -0.431. The van der Waals surface area contributed by atoms with Gasteiger partial charge >= 0.3 is 0 Å². The summed E-state index contributed by atoms with van der Waals surface area (Å²) in [4.78, 5) is 15.7. The number of thioether (sulfide) groups is 1. The second-order valence-electron chi connectivity index (χ2n) is 6.90. The van der Waals surface area contributed by atoms with Gasteiger partial charge in [0.25, 0.3) is 0 Å². The number of halogens is 1. The largest absolute Gasteiger partial charge is 0.496 e. The molecule has 2 aliphatic rings. The van der Waals surface area contributed by atoms with Crippen molar-refractivity contribution in [2.75, 3.05) is 26.5 Å². The van der Waals surface area contributed by atoms with Crippen molar-refractivity contribution < 1.29 is 14.3 Å². The Morgan fingerprint density at radius 2 is 1.89 bits per heavy atom. The highest BCUT2D eigenvalue weighted by Gasteiger charge is 2.56. The predicted octanol–water partition coefficient (Wildman–Crippen LogP) is 4.77. The fourth-order valence-electron chi connectivity index (χ4n) is 3.83. The number of hydrogen-bond donors (Lipinski definition) is 0. The summed E-state index contributed by atoms with van der Waals surface area (Å²) < 4.78 is 11.8. The molecule has 0 aromatic heterocycles. The summed E-state index contributed by atoms with van der Waals surface area (Å²) in [5.74, 6) is 2.77. The summed E-state index contributed by atoms with van der Waals surface area (Å²) in [5.41, 5.74) is 1.71. The molecular formula is C21H22BrNO3S. The number of para-hydroxylation sites is 1. The Morgan fingerprint density at radius 1 is 1.15 bits per heavy atom. The Balaban J connectivity index is 1.64. The Morgan fingerprint density at radius 3 is 2.56 bits per heavy atom. The van der Waals surface area contributed by atoms with Gasteiger partial charge in [-0.3, -0.25) is 4.79 Å². The maximum Gasteiger partial charge on any atom is 0.234 e. The van der Waals surface area contributed by atoms with E-state index in [1.165, 1.54) is 0 Å². The van der Waals surface area contributed by atoms with Gasteiger partial charge in [0.1, 0.15) is 16.9 Å². The van der Waals surface area contributed by atoms with Crippen molar-refractivity contribution in [2.45, 2.75) is 23.6 Å². The second kappa shape index (κ2) is 7.40. The smallest absolute Gasteiger partial charge is 0.234 e. The van der Waals surface area contributed by atoms with Gasteiger partial charge in [-0.05, 0) is 52.5 Å². The van der Waals surface area contributed by atoms with E-state index in [4.69, 9.17) is 9.47 Å². The molecule has 1 aliphatic carbocycles. The van der Waals surface area contributed by atoms with Crippen LogP contribution in [-0.4, -0.2) is 37.3 Å². The zero-order chi connectivity index (χ0) is 19.0. The molecule has 1 amide bonds. The third-order valence-electron chi connectivity index (χ3n) is 5.39. The summed E-state index contributed by atoms with van der Waals surface area (Å²) in [7, 11) is 3.33. The molecule has 1 aliphatic heterocycles. The zero-order valence-electron chi connectivity index (χ0n) is 15.4. The first-order valence-corrected chi connectivity index (χ1v) is 10.8. The molecule has 1 saturated carbocycles. The van der Waals surface area contributed by atoms with Crippen LogP contribution in [0.5, 0.6) is 11.5 Å². The molecule has 0 radical (unpaired) electrons. The lowest BCUT2D eigenvalue weighted by Crippen LogP contribution is -2.39. The van der Waals surface area contributed by atoms with Crippen molar-refractivity contribution >= 4 is 33.6 Å². The topological polar surface area (TPSA) is 38.8 Å². The fourth-order valence-corrected chi connectivity index (χ4v) is 5.63. The normalized spacial score (nSPS) is 20.4. The molecule has 1 heterocycles. The molecule has 27 heavy (non-hydrogen) atoms.